The molecule has 4 aromatic rings. The number of hydrogen-bond acceptors (Lipinski definition) is 4. The number of carbonyl (C=O) groups is 1. The molecule has 0 saturated heterocycles. The number of hydrogen-bond donors (Lipinski definition) is 1. The van der Waals surface area contributed by atoms with Crippen LogP contribution in [0.15, 0.2) is 52.5 Å². The van der Waals surface area contributed by atoms with Crippen LogP contribution in [0.1, 0.15) is 11.5 Å². The van der Waals surface area contributed by atoms with Gasteiger partial charge in [0.15, 0.2) is 4.96 Å². The fraction of sp³-hybridized carbons (Fsp3) is 0.176. The van der Waals surface area contributed by atoms with Crippen molar-refractivity contribution in [1.82, 2.24) is 19.6 Å². The predicted octanol–water partition coefficient (Wildman–Crippen LogP) is 3.48. The standard InChI is InChI=1S/C17H16N4O2S/c1-20(11-14-8-12-4-2-3-5-15(12)23-14)16(22)18-9-13-10-21-6-7-24-17(21)19-13/h2-8,10H,9,11H2,1H3,(H,18,22). The number of fused-ring (bicyclic) bond motifs is 2. The number of aromatic nitrogens is 2. The molecule has 0 saturated carbocycles. The lowest BCUT2D eigenvalue weighted by atomic mass is 10.2. The van der Waals surface area contributed by atoms with Crippen LogP contribution in [0.5, 0.6) is 0 Å². The van der Waals surface area contributed by atoms with Gasteiger partial charge in [-0.1, -0.05) is 18.2 Å². The van der Waals surface area contributed by atoms with E-state index in [0.717, 1.165) is 27.4 Å². The van der Waals surface area contributed by atoms with Crippen LogP contribution in [0, 0.1) is 0 Å². The maximum absolute atomic E-state index is 12.2. The Morgan fingerprint density at radius 2 is 2.29 bits per heavy atom. The first-order valence-corrected chi connectivity index (χ1v) is 8.44. The average molecular weight is 340 g/mol. The summed E-state index contributed by atoms with van der Waals surface area (Å²) >= 11 is 1.57. The minimum Gasteiger partial charge on any atom is -0.459 e. The van der Waals surface area contributed by atoms with E-state index in [1.807, 2.05) is 52.5 Å². The molecule has 0 atom stereocenters. The molecule has 1 aromatic carbocycles. The average Bonchev–Trinajstić information content (AvgIpc) is 3.25. The molecule has 3 heterocycles. The van der Waals surface area contributed by atoms with E-state index >= 15 is 0 Å². The Labute approximate surface area is 142 Å². The molecule has 0 aliphatic carbocycles. The molecular formula is C17H16N4O2S. The van der Waals surface area contributed by atoms with Gasteiger partial charge < -0.3 is 14.6 Å². The summed E-state index contributed by atoms with van der Waals surface area (Å²) < 4.78 is 7.69. The highest BCUT2D eigenvalue weighted by molar-refractivity contribution is 7.15. The third-order valence-corrected chi connectivity index (χ3v) is 4.55. The third-order valence-electron chi connectivity index (χ3n) is 3.78. The van der Waals surface area contributed by atoms with Crippen molar-refractivity contribution in [2.24, 2.45) is 0 Å². The van der Waals surface area contributed by atoms with E-state index in [0.29, 0.717) is 13.1 Å². The molecule has 4 rings (SSSR count). The van der Waals surface area contributed by atoms with Crippen LogP contribution in [0.2, 0.25) is 0 Å². The second-order valence-electron chi connectivity index (χ2n) is 5.59. The van der Waals surface area contributed by atoms with E-state index in [9.17, 15) is 4.79 Å². The van der Waals surface area contributed by atoms with Gasteiger partial charge in [-0.25, -0.2) is 9.78 Å². The summed E-state index contributed by atoms with van der Waals surface area (Å²) in [6.45, 7) is 0.816. The van der Waals surface area contributed by atoms with Crippen LogP contribution in [0.3, 0.4) is 0 Å². The van der Waals surface area contributed by atoms with Crippen molar-refractivity contribution in [3.8, 4) is 0 Å². The SMILES string of the molecule is CN(Cc1cc2ccccc2o1)C(=O)NCc1cn2ccsc2n1. The van der Waals surface area contributed by atoms with Crippen LogP contribution < -0.4 is 5.32 Å². The van der Waals surface area contributed by atoms with Gasteiger partial charge in [0.05, 0.1) is 18.8 Å². The van der Waals surface area contributed by atoms with Crippen molar-refractivity contribution < 1.29 is 9.21 Å². The van der Waals surface area contributed by atoms with Crippen molar-refractivity contribution in [3.05, 3.63) is 59.6 Å². The van der Waals surface area contributed by atoms with Gasteiger partial charge in [0.2, 0.25) is 0 Å². The highest BCUT2D eigenvalue weighted by atomic mass is 32.1. The van der Waals surface area contributed by atoms with Crippen LogP contribution in [-0.4, -0.2) is 27.4 Å². The van der Waals surface area contributed by atoms with E-state index in [1.54, 1.807) is 23.3 Å². The molecule has 1 N–H and O–H groups in total. The van der Waals surface area contributed by atoms with Gasteiger partial charge in [0.1, 0.15) is 11.3 Å². The highest BCUT2D eigenvalue weighted by Crippen LogP contribution is 2.19. The number of nitrogens with zero attached hydrogens (tertiary/aromatic N) is 3. The summed E-state index contributed by atoms with van der Waals surface area (Å²) in [5.41, 5.74) is 1.67. The molecule has 3 aromatic heterocycles. The summed E-state index contributed by atoms with van der Waals surface area (Å²) in [5, 5.41) is 5.90. The molecule has 122 valence electrons. The number of rotatable bonds is 4. The summed E-state index contributed by atoms with van der Waals surface area (Å²) in [6.07, 6.45) is 3.87. The van der Waals surface area contributed by atoms with E-state index < -0.39 is 0 Å². The third kappa shape index (κ3) is 2.85. The zero-order chi connectivity index (χ0) is 16.5. The molecular weight excluding hydrogens is 324 g/mol. The Morgan fingerprint density at radius 3 is 3.12 bits per heavy atom. The number of nitrogens with one attached hydrogen (secondary N) is 1. The number of benzene rings is 1. The quantitative estimate of drug-likeness (QED) is 0.618. The number of para-hydroxylation sites is 1. The molecule has 2 amide bonds. The molecule has 0 aliphatic heterocycles. The number of amides is 2. The fourth-order valence-electron chi connectivity index (χ4n) is 2.58. The van der Waals surface area contributed by atoms with Crippen molar-refractivity contribution in [3.63, 3.8) is 0 Å². The maximum Gasteiger partial charge on any atom is 0.317 e. The van der Waals surface area contributed by atoms with Crippen LogP contribution in [0.25, 0.3) is 15.9 Å². The maximum atomic E-state index is 12.2. The van der Waals surface area contributed by atoms with Gasteiger partial charge in [-0.2, -0.15) is 0 Å². The topological polar surface area (TPSA) is 62.8 Å². The van der Waals surface area contributed by atoms with Crippen LogP contribution in [0.4, 0.5) is 4.79 Å². The lowest BCUT2D eigenvalue weighted by Crippen LogP contribution is -2.36. The number of furan rings is 1. The van der Waals surface area contributed by atoms with Crippen molar-refractivity contribution in [2.75, 3.05) is 7.05 Å². The van der Waals surface area contributed by atoms with Gasteiger partial charge in [-0.05, 0) is 12.1 Å². The summed E-state index contributed by atoms with van der Waals surface area (Å²) in [6, 6.07) is 9.61. The smallest absolute Gasteiger partial charge is 0.317 e. The summed E-state index contributed by atoms with van der Waals surface area (Å²) in [7, 11) is 1.74. The Bertz CT molecular complexity index is 939. The number of urea groups is 1. The van der Waals surface area contributed by atoms with E-state index in [2.05, 4.69) is 10.3 Å². The minimum atomic E-state index is -0.160. The van der Waals surface area contributed by atoms with E-state index in [1.165, 1.54) is 0 Å². The molecule has 0 aliphatic rings. The summed E-state index contributed by atoms with van der Waals surface area (Å²) in [4.78, 5) is 19.2. The Hall–Kier alpha value is -2.80. The lowest BCUT2D eigenvalue weighted by molar-refractivity contribution is 0.203. The number of carbonyl (C=O) groups excluding carboxylic acids is 1. The lowest BCUT2D eigenvalue weighted by Gasteiger charge is -2.16. The minimum absolute atomic E-state index is 0.160. The second kappa shape index (κ2) is 6.01. The zero-order valence-electron chi connectivity index (χ0n) is 13.1. The highest BCUT2D eigenvalue weighted by Gasteiger charge is 2.12. The predicted molar refractivity (Wildman–Crippen MR) is 93.0 cm³/mol. The monoisotopic (exact) mass is 340 g/mol. The Kier molecular flexibility index (Phi) is 3.70. The molecule has 7 heteroatoms. The Balaban J connectivity index is 1.37. The van der Waals surface area contributed by atoms with E-state index in [-0.39, 0.29) is 6.03 Å². The Morgan fingerprint density at radius 1 is 1.42 bits per heavy atom. The van der Waals surface area contributed by atoms with Gasteiger partial charge in [-0.3, -0.25) is 4.40 Å². The number of thiazole rings is 1. The van der Waals surface area contributed by atoms with Crippen LogP contribution >= 0.6 is 11.3 Å². The van der Waals surface area contributed by atoms with E-state index in [4.69, 9.17) is 4.42 Å². The molecule has 0 fully saturated rings. The normalized spacial score (nSPS) is 11.2. The first-order valence-electron chi connectivity index (χ1n) is 7.56. The van der Waals surface area contributed by atoms with Gasteiger partial charge in [-0.15, -0.1) is 11.3 Å². The molecule has 0 unspecified atom stereocenters. The van der Waals surface area contributed by atoms with Crippen molar-refractivity contribution in [2.45, 2.75) is 13.1 Å². The summed E-state index contributed by atoms with van der Waals surface area (Å²) in [5.74, 6) is 0.761. The van der Waals surface area contributed by atoms with Gasteiger partial charge >= 0.3 is 6.03 Å². The second-order valence-corrected chi connectivity index (χ2v) is 6.46. The molecule has 0 radical (unpaired) electrons. The first-order chi connectivity index (χ1) is 11.7. The van der Waals surface area contributed by atoms with Crippen molar-refractivity contribution in [1.29, 1.82) is 0 Å². The van der Waals surface area contributed by atoms with Gasteiger partial charge in [0.25, 0.3) is 0 Å². The molecule has 0 spiro atoms. The first kappa shape index (κ1) is 14.8. The molecule has 24 heavy (non-hydrogen) atoms. The number of imidazole rings is 1. The molecule has 0 bridgehead atoms. The fourth-order valence-corrected chi connectivity index (χ4v) is 3.30. The molecule has 6 nitrogen and oxygen atoms in total. The van der Waals surface area contributed by atoms with Gasteiger partial charge in [0, 0.05) is 30.2 Å². The largest absolute Gasteiger partial charge is 0.459 e. The zero-order valence-corrected chi connectivity index (χ0v) is 13.9. The van der Waals surface area contributed by atoms with Crippen LogP contribution in [-0.2, 0) is 13.1 Å². The van der Waals surface area contributed by atoms with Crippen molar-refractivity contribution >= 4 is 33.3 Å².